The molecule has 1 rings (SSSR count). The molecule has 0 saturated carbocycles. The van der Waals surface area contributed by atoms with Gasteiger partial charge in [0.15, 0.2) is 5.78 Å². The van der Waals surface area contributed by atoms with Gasteiger partial charge in [-0.15, -0.1) is 0 Å². The van der Waals surface area contributed by atoms with Crippen molar-refractivity contribution in [1.82, 2.24) is 16.0 Å². The van der Waals surface area contributed by atoms with Crippen molar-refractivity contribution in [3.8, 4) is 0 Å². The van der Waals surface area contributed by atoms with Gasteiger partial charge in [-0.2, -0.15) is 0 Å². The number of carbonyl (C=O) groups is 4. The van der Waals surface area contributed by atoms with E-state index in [2.05, 4.69) is 31.9 Å². The molecule has 0 aliphatic heterocycles. The summed E-state index contributed by atoms with van der Waals surface area (Å²) < 4.78 is 6.65. The van der Waals surface area contributed by atoms with Crippen molar-refractivity contribution < 1.29 is 29.0 Å². The fourth-order valence-corrected chi connectivity index (χ4v) is 2.95. The van der Waals surface area contributed by atoms with Gasteiger partial charge in [0, 0.05) is 10.0 Å². The van der Waals surface area contributed by atoms with Gasteiger partial charge in [0.2, 0.25) is 11.8 Å². The van der Waals surface area contributed by atoms with Crippen molar-refractivity contribution in [3.05, 3.63) is 34.3 Å². The molecular formula is C22H32BrN3O6. The van der Waals surface area contributed by atoms with Crippen molar-refractivity contribution in [3.63, 3.8) is 0 Å². The number of rotatable bonds is 12. The first-order chi connectivity index (χ1) is 14.8. The van der Waals surface area contributed by atoms with Crippen LogP contribution in [0.25, 0.3) is 0 Å². The number of aliphatic carboxylic acids is 1. The third-order valence-corrected chi connectivity index (χ3v) is 4.75. The van der Waals surface area contributed by atoms with Crippen LogP contribution in [0.2, 0.25) is 0 Å². The van der Waals surface area contributed by atoms with Crippen molar-refractivity contribution in [2.45, 2.75) is 58.9 Å². The van der Waals surface area contributed by atoms with Crippen LogP contribution in [0.3, 0.4) is 0 Å². The zero-order valence-electron chi connectivity index (χ0n) is 19.0. The van der Waals surface area contributed by atoms with Gasteiger partial charge in [-0.3, -0.25) is 19.7 Å². The molecule has 178 valence electrons. The largest absolute Gasteiger partial charge is 0.480 e. The number of ether oxygens (including phenoxy) is 1. The van der Waals surface area contributed by atoms with Gasteiger partial charge in [-0.25, -0.2) is 4.79 Å². The number of Topliss-reactive ketones (excluding diaryl/α,β-unsaturated/α-hetero) is 1. The van der Waals surface area contributed by atoms with Crippen LogP contribution < -0.4 is 16.0 Å². The van der Waals surface area contributed by atoms with E-state index in [-0.39, 0.29) is 31.2 Å². The maximum Gasteiger partial charge on any atom is 0.326 e. The van der Waals surface area contributed by atoms with E-state index in [9.17, 15) is 24.3 Å². The highest BCUT2D eigenvalue weighted by atomic mass is 79.9. The Morgan fingerprint density at radius 1 is 1.03 bits per heavy atom. The highest BCUT2D eigenvalue weighted by Gasteiger charge is 2.25. The van der Waals surface area contributed by atoms with Crippen LogP contribution in [0.5, 0.6) is 0 Å². The van der Waals surface area contributed by atoms with E-state index < -0.39 is 35.7 Å². The first-order valence-corrected chi connectivity index (χ1v) is 11.1. The van der Waals surface area contributed by atoms with Crippen LogP contribution in [0.15, 0.2) is 28.7 Å². The predicted molar refractivity (Wildman–Crippen MR) is 123 cm³/mol. The summed E-state index contributed by atoms with van der Waals surface area (Å²) in [5.74, 6) is -2.60. The smallest absolute Gasteiger partial charge is 0.326 e. The van der Waals surface area contributed by atoms with Gasteiger partial charge in [0.1, 0.15) is 12.3 Å². The summed E-state index contributed by atoms with van der Waals surface area (Å²) in [6.07, 6.45) is -0.948. The molecule has 2 atom stereocenters. The van der Waals surface area contributed by atoms with Crippen molar-refractivity contribution in [2.24, 2.45) is 5.92 Å². The van der Waals surface area contributed by atoms with E-state index in [0.29, 0.717) is 5.56 Å². The second-order valence-corrected chi connectivity index (χ2v) is 9.55. The SMILES string of the molecule is CC(C)C(NC(=O)CNC(CC(=O)NCC(=O)c1ccc(Br)cc1)OC(C)(C)C)C(=O)O. The highest BCUT2D eigenvalue weighted by molar-refractivity contribution is 9.10. The summed E-state index contributed by atoms with van der Waals surface area (Å²) in [5.41, 5.74) is -0.132. The molecule has 9 nitrogen and oxygen atoms in total. The Hall–Kier alpha value is -2.30. The number of carboxylic acids is 1. The van der Waals surface area contributed by atoms with Crippen LogP contribution >= 0.6 is 15.9 Å². The lowest BCUT2D eigenvalue weighted by molar-refractivity contribution is -0.143. The Morgan fingerprint density at radius 2 is 1.62 bits per heavy atom. The fraction of sp³-hybridized carbons (Fsp3) is 0.545. The quantitative estimate of drug-likeness (QED) is 0.248. The standard InChI is InChI=1S/C22H32BrN3O6/c1-13(2)20(21(30)31)26-18(29)12-25-19(32-22(3,4)5)10-17(28)24-11-16(27)14-6-8-15(23)9-7-14/h6-9,13,19-20,25H,10-12H2,1-5H3,(H,24,28)(H,26,29)(H,30,31). The maximum atomic E-state index is 12.4. The molecule has 2 unspecified atom stereocenters. The molecule has 0 aromatic heterocycles. The number of nitrogens with one attached hydrogen (secondary N) is 3. The van der Waals surface area contributed by atoms with E-state index in [1.165, 1.54) is 0 Å². The molecule has 0 bridgehead atoms. The minimum Gasteiger partial charge on any atom is -0.480 e. The summed E-state index contributed by atoms with van der Waals surface area (Å²) in [5, 5.41) is 17.0. The lowest BCUT2D eigenvalue weighted by Crippen LogP contribution is -2.50. The lowest BCUT2D eigenvalue weighted by Gasteiger charge is -2.28. The van der Waals surface area contributed by atoms with Gasteiger partial charge < -0.3 is 20.5 Å². The zero-order valence-corrected chi connectivity index (χ0v) is 20.6. The molecule has 32 heavy (non-hydrogen) atoms. The first kappa shape index (κ1) is 27.7. The summed E-state index contributed by atoms with van der Waals surface area (Å²) in [6.45, 7) is 8.39. The number of hydrogen-bond acceptors (Lipinski definition) is 6. The monoisotopic (exact) mass is 513 g/mol. The lowest BCUT2D eigenvalue weighted by atomic mass is 10.1. The highest BCUT2D eigenvalue weighted by Crippen LogP contribution is 2.12. The number of halogens is 1. The summed E-state index contributed by atoms with van der Waals surface area (Å²) in [6, 6.07) is 5.79. The van der Waals surface area contributed by atoms with Crippen LogP contribution in [-0.4, -0.2) is 59.6 Å². The molecule has 10 heteroatoms. The molecule has 2 amide bonds. The molecule has 1 aromatic carbocycles. The maximum absolute atomic E-state index is 12.4. The predicted octanol–water partition coefficient (Wildman–Crippen LogP) is 2.09. The van der Waals surface area contributed by atoms with Crippen LogP contribution in [0.1, 0.15) is 51.4 Å². The average Bonchev–Trinajstić information content (AvgIpc) is 2.67. The van der Waals surface area contributed by atoms with Crippen LogP contribution in [-0.2, 0) is 19.1 Å². The van der Waals surface area contributed by atoms with Gasteiger partial charge in [0.25, 0.3) is 0 Å². The second kappa shape index (κ2) is 12.7. The number of carboxylic acid groups (broad SMARTS) is 1. The van der Waals surface area contributed by atoms with Crippen molar-refractivity contribution >= 4 is 39.5 Å². The summed E-state index contributed by atoms with van der Waals surface area (Å²) in [7, 11) is 0. The van der Waals surface area contributed by atoms with Crippen molar-refractivity contribution in [1.29, 1.82) is 0 Å². The van der Waals surface area contributed by atoms with Gasteiger partial charge >= 0.3 is 5.97 Å². The fourth-order valence-electron chi connectivity index (χ4n) is 2.68. The minimum absolute atomic E-state index is 0.134. The Morgan fingerprint density at radius 3 is 2.12 bits per heavy atom. The molecule has 1 aromatic rings. The third kappa shape index (κ3) is 10.8. The van der Waals surface area contributed by atoms with Crippen LogP contribution in [0, 0.1) is 5.92 Å². The Balaban J connectivity index is 2.63. The number of benzene rings is 1. The molecule has 0 spiro atoms. The molecule has 0 radical (unpaired) electrons. The molecule has 4 N–H and O–H groups in total. The molecular weight excluding hydrogens is 482 g/mol. The minimum atomic E-state index is -1.12. The van der Waals surface area contributed by atoms with E-state index in [1.54, 1.807) is 58.9 Å². The zero-order chi connectivity index (χ0) is 24.5. The normalized spacial score (nSPS) is 13.3. The van der Waals surface area contributed by atoms with Gasteiger partial charge in [-0.05, 0) is 38.8 Å². The van der Waals surface area contributed by atoms with Gasteiger partial charge in [-0.1, -0.05) is 41.9 Å². The number of carbonyl (C=O) groups excluding carboxylic acids is 3. The number of amides is 2. The molecule has 0 aliphatic rings. The van der Waals surface area contributed by atoms with Crippen molar-refractivity contribution in [2.75, 3.05) is 13.1 Å². The molecule has 0 saturated heterocycles. The molecule has 0 aliphatic carbocycles. The Labute approximate surface area is 196 Å². The van der Waals surface area contributed by atoms with E-state index in [0.717, 1.165) is 4.47 Å². The average molecular weight is 514 g/mol. The summed E-state index contributed by atoms with van der Waals surface area (Å²) >= 11 is 3.30. The molecule has 0 fully saturated rings. The van der Waals surface area contributed by atoms with E-state index in [4.69, 9.17) is 4.74 Å². The second-order valence-electron chi connectivity index (χ2n) is 8.64. The Bertz CT molecular complexity index is 805. The Kier molecular flexibility index (Phi) is 11.0. The van der Waals surface area contributed by atoms with Gasteiger partial charge in [0.05, 0.1) is 25.1 Å². The molecule has 0 heterocycles. The number of ketones is 1. The van der Waals surface area contributed by atoms with E-state index in [1.807, 2.05) is 0 Å². The van der Waals surface area contributed by atoms with Crippen LogP contribution in [0.4, 0.5) is 0 Å². The topological polar surface area (TPSA) is 134 Å². The first-order valence-electron chi connectivity index (χ1n) is 10.3. The summed E-state index contributed by atoms with van der Waals surface area (Å²) in [4.78, 5) is 48.0. The number of hydrogen-bond donors (Lipinski definition) is 4. The van der Waals surface area contributed by atoms with E-state index >= 15 is 0 Å². The third-order valence-electron chi connectivity index (χ3n) is 4.22.